The maximum absolute atomic E-state index is 12.8. The molecule has 2 aromatic rings. The Morgan fingerprint density at radius 2 is 1.88 bits per heavy atom. The first-order valence-corrected chi connectivity index (χ1v) is 8.48. The van der Waals surface area contributed by atoms with Crippen LogP contribution in [0.25, 0.3) is 0 Å². The van der Waals surface area contributed by atoms with E-state index in [-0.39, 0.29) is 12.1 Å². The molecule has 1 heterocycles. The Balaban J connectivity index is 1.77. The fourth-order valence-electron chi connectivity index (χ4n) is 3.29. The van der Waals surface area contributed by atoms with Crippen LogP contribution in [0.15, 0.2) is 42.5 Å². The summed E-state index contributed by atoms with van der Waals surface area (Å²) >= 11 is 0. The highest BCUT2D eigenvalue weighted by molar-refractivity contribution is 5.91. The molecular formula is C20H24N2O3. The third kappa shape index (κ3) is 3.71. The van der Waals surface area contributed by atoms with Crippen molar-refractivity contribution in [2.45, 2.75) is 25.8 Å². The summed E-state index contributed by atoms with van der Waals surface area (Å²) in [5.41, 5.74) is 2.90. The predicted molar refractivity (Wildman–Crippen MR) is 98.4 cm³/mol. The lowest BCUT2D eigenvalue weighted by atomic mass is 10.0. The molecule has 0 radical (unpaired) electrons. The first-order chi connectivity index (χ1) is 12.1. The summed E-state index contributed by atoms with van der Waals surface area (Å²) < 4.78 is 10.6. The number of aryl methyl sites for hydroxylation is 1. The smallest absolute Gasteiger partial charge is 0.322 e. The van der Waals surface area contributed by atoms with Crippen LogP contribution in [0, 0.1) is 6.92 Å². The van der Waals surface area contributed by atoms with Gasteiger partial charge in [0.2, 0.25) is 0 Å². The van der Waals surface area contributed by atoms with Crippen molar-refractivity contribution in [3.05, 3.63) is 53.6 Å². The molecule has 1 atom stereocenters. The Bertz CT molecular complexity index is 743. The van der Waals surface area contributed by atoms with E-state index >= 15 is 0 Å². The molecule has 1 fully saturated rings. The van der Waals surface area contributed by atoms with E-state index in [0.717, 1.165) is 36.3 Å². The van der Waals surface area contributed by atoms with E-state index in [1.807, 2.05) is 54.3 Å². The lowest BCUT2D eigenvalue weighted by Gasteiger charge is -2.26. The molecule has 1 aliphatic rings. The quantitative estimate of drug-likeness (QED) is 0.898. The van der Waals surface area contributed by atoms with Crippen molar-refractivity contribution < 1.29 is 14.3 Å². The maximum atomic E-state index is 12.8. The molecule has 1 saturated heterocycles. The zero-order chi connectivity index (χ0) is 17.8. The molecule has 1 N–H and O–H groups in total. The standard InChI is InChI=1S/C20H24N2O3/c1-14-6-11-19(25-3)17(13-14)21-20(23)22-12-4-5-18(22)15-7-9-16(24-2)10-8-15/h6-11,13,18H,4-5,12H2,1-3H3,(H,21,23)/t18-/m1/s1. The number of nitrogens with zero attached hydrogens (tertiary/aromatic N) is 1. The lowest BCUT2D eigenvalue weighted by Crippen LogP contribution is -2.34. The van der Waals surface area contributed by atoms with Crippen LogP contribution in [0.1, 0.15) is 30.0 Å². The molecule has 25 heavy (non-hydrogen) atoms. The Morgan fingerprint density at radius 1 is 1.12 bits per heavy atom. The molecule has 5 nitrogen and oxygen atoms in total. The van der Waals surface area contributed by atoms with Crippen molar-refractivity contribution in [2.75, 3.05) is 26.1 Å². The number of likely N-dealkylation sites (tertiary alicyclic amines) is 1. The van der Waals surface area contributed by atoms with Gasteiger partial charge in [0, 0.05) is 6.54 Å². The molecule has 2 amide bonds. The SMILES string of the molecule is COc1ccc([C@H]2CCCN2C(=O)Nc2cc(C)ccc2OC)cc1. The number of hydrogen-bond donors (Lipinski definition) is 1. The zero-order valence-corrected chi connectivity index (χ0v) is 14.9. The van der Waals surface area contributed by atoms with Crippen LogP contribution in [0.3, 0.4) is 0 Å². The molecule has 0 aromatic heterocycles. The van der Waals surface area contributed by atoms with Gasteiger partial charge in [0.25, 0.3) is 0 Å². The van der Waals surface area contributed by atoms with E-state index in [9.17, 15) is 4.79 Å². The topological polar surface area (TPSA) is 50.8 Å². The Kier molecular flexibility index (Phi) is 5.12. The number of carbonyl (C=O) groups excluding carboxylic acids is 1. The first-order valence-electron chi connectivity index (χ1n) is 8.48. The highest BCUT2D eigenvalue weighted by Gasteiger charge is 2.30. The highest BCUT2D eigenvalue weighted by Crippen LogP contribution is 2.34. The monoisotopic (exact) mass is 340 g/mol. The van der Waals surface area contributed by atoms with E-state index in [1.54, 1.807) is 14.2 Å². The van der Waals surface area contributed by atoms with Crippen LogP contribution in [0.2, 0.25) is 0 Å². The molecular weight excluding hydrogens is 316 g/mol. The fourth-order valence-corrected chi connectivity index (χ4v) is 3.29. The van der Waals surface area contributed by atoms with Crippen LogP contribution < -0.4 is 14.8 Å². The summed E-state index contributed by atoms with van der Waals surface area (Å²) in [4.78, 5) is 14.7. The summed E-state index contributed by atoms with van der Waals surface area (Å²) in [6, 6.07) is 13.7. The number of amides is 2. The van der Waals surface area contributed by atoms with Crippen molar-refractivity contribution in [1.82, 2.24) is 4.90 Å². The molecule has 0 aliphatic carbocycles. The average Bonchev–Trinajstić information content (AvgIpc) is 3.12. The number of benzene rings is 2. The number of carbonyl (C=O) groups is 1. The predicted octanol–water partition coefficient (Wildman–Crippen LogP) is 4.38. The van der Waals surface area contributed by atoms with Crippen LogP contribution >= 0.6 is 0 Å². The van der Waals surface area contributed by atoms with E-state index in [1.165, 1.54) is 0 Å². The molecule has 3 rings (SSSR count). The third-order valence-corrected chi connectivity index (χ3v) is 4.61. The fraction of sp³-hybridized carbons (Fsp3) is 0.350. The number of anilines is 1. The summed E-state index contributed by atoms with van der Waals surface area (Å²) in [5.74, 6) is 1.49. The average molecular weight is 340 g/mol. The minimum atomic E-state index is -0.0952. The molecule has 1 aliphatic heterocycles. The maximum Gasteiger partial charge on any atom is 0.322 e. The third-order valence-electron chi connectivity index (χ3n) is 4.61. The van der Waals surface area contributed by atoms with E-state index in [4.69, 9.17) is 9.47 Å². The van der Waals surface area contributed by atoms with Crippen molar-refractivity contribution in [1.29, 1.82) is 0 Å². The van der Waals surface area contributed by atoms with Crippen molar-refractivity contribution in [3.63, 3.8) is 0 Å². The molecule has 2 aromatic carbocycles. The number of rotatable bonds is 4. The van der Waals surface area contributed by atoms with Gasteiger partial charge >= 0.3 is 6.03 Å². The zero-order valence-electron chi connectivity index (χ0n) is 14.9. The number of hydrogen-bond acceptors (Lipinski definition) is 3. The normalized spacial score (nSPS) is 16.6. The lowest BCUT2D eigenvalue weighted by molar-refractivity contribution is 0.207. The number of urea groups is 1. The summed E-state index contributed by atoms with van der Waals surface area (Å²) in [7, 11) is 3.26. The van der Waals surface area contributed by atoms with Gasteiger partial charge in [-0.25, -0.2) is 4.79 Å². The van der Waals surface area contributed by atoms with Gasteiger partial charge in [-0.2, -0.15) is 0 Å². The van der Waals surface area contributed by atoms with Gasteiger partial charge in [0.05, 0.1) is 25.9 Å². The van der Waals surface area contributed by atoms with Gasteiger partial charge in [-0.1, -0.05) is 18.2 Å². The molecule has 5 heteroatoms. The highest BCUT2D eigenvalue weighted by atomic mass is 16.5. The van der Waals surface area contributed by atoms with Gasteiger partial charge in [0.15, 0.2) is 0 Å². The van der Waals surface area contributed by atoms with Gasteiger partial charge in [0.1, 0.15) is 11.5 Å². The van der Waals surface area contributed by atoms with Crippen LogP contribution in [-0.2, 0) is 0 Å². The molecule has 0 unspecified atom stereocenters. The molecule has 0 spiro atoms. The van der Waals surface area contributed by atoms with Gasteiger partial charge in [-0.05, 0) is 55.2 Å². The largest absolute Gasteiger partial charge is 0.497 e. The van der Waals surface area contributed by atoms with Crippen molar-refractivity contribution in [3.8, 4) is 11.5 Å². The van der Waals surface area contributed by atoms with E-state index in [0.29, 0.717) is 11.4 Å². The van der Waals surface area contributed by atoms with Gasteiger partial charge < -0.3 is 19.7 Å². The Morgan fingerprint density at radius 3 is 2.56 bits per heavy atom. The Hall–Kier alpha value is -2.69. The van der Waals surface area contributed by atoms with E-state index in [2.05, 4.69) is 5.32 Å². The van der Waals surface area contributed by atoms with Crippen LogP contribution in [0.5, 0.6) is 11.5 Å². The minimum absolute atomic E-state index is 0.0849. The van der Waals surface area contributed by atoms with Crippen LogP contribution in [-0.4, -0.2) is 31.7 Å². The van der Waals surface area contributed by atoms with Gasteiger partial charge in [-0.15, -0.1) is 0 Å². The van der Waals surface area contributed by atoms with Gasteiger partial charge in [-0.3, -0.25) is 0 Å². The van der Waals surface area contributed by atoms with Crippen LogP contribution in [0.4, 0.5) is 10.5 Å². The van der Waals surface area contributed by atoms with E-state index < -0.39 is 0 Å². The first kappa shape index (κ1) is 17.1. The summed E-state index contributed by atoms with van der Waals surface area (Å²) in [6.07, 6.45) is 1.96. The second-order valence-electron chi connectivity index (χ2n) is 6.26. The number of methoxy groups -OCH3 is 2. The van der Waals surface area contributed by atoms with Crippen molar-refractivity contribution in [2.24, 2.45) is 0 Å². The molecule has 0 saturated carbocycles. The summed E-state index contributed by atoms with van der Waals surface area (Å²) in [6.45, 7) is 2.74. The Labute approximate surface area is 148 Å². The number of nitrogens with one attached hydrogen (secondary N) is 1. The summed E-state index contributed by atoms with van der Waals surface area (Å²) in [5, 5.41) is 3.00. The molecule has 0 bridgehead atoms. The van der Waals surface area contributed by atoms with Crippen molar-refractivity contribution >= 4 is 11.7 Å². The second-order valence-corrected chi connectivity index (χ2v) is 6.26. The molecule has 132 valence electrons. The second kappa shape index (κ2) is 7.47. The minimum Gasteiger partial charge on any atom is -0.497 e. The number of ether oxygens (including phenoxy) is 2.